The number of carbonyl (C=O) groups is 1. The Kier molecular flexibility index (Phi) is 4.60. The quantitative estimate of drug-likeness (QED) is 0.869. The van der Waals surface area contributed by atoms with Crippen molar-refractivity contribution in [2.24, 2.45) is 0 Å². The van der Waals surface area contributed by atoms with Gasteiger partial charge in [0.15, 0.2) is 0 Å². The Morgan fingerprint density at radius 2 is 1.91 bits per heavy atom. The van der Waals surface area contributed by atoms with E-state index in [2.05, 4.69) is 10.3 Å². The fraction of sp³-hybridized carbons (Fsp3) is 0.125. The van der Waals surface area contributed by atoms with Gasteiger partial charge >= 0.3 is 6.18 Å². The van der Waals surface area contributed by atoms with E-state index in [-0.39, 0.29) is 0 Å². The van der Waals surface area contributed by atoms with E-state index in [9.17, 15) is 18.0 Å². The summed E-state index contributed by atoms with van der Waals surface area (Å²) in [7, 11) is 0. The fourth-order valence-corrected chi connectivity index (χ4v) is 1.77. The maximum atomic E-state index is 12.6. The Balaban J connectivity index is 2.07. The number of aromatic nitrogens is 1. The lowest BCUT2D eigenvalue weighted by molar-refractivity contribution is -0.137. The normalized spacial score (nSPS) is 11.6. The molecule has 2 rings (SSSR count). The maximum Gasteiger partial charge on any atom is 0.416 e. The molecule has 1 N–H and O–H groups in total. The van der Waals surface area contributed by atoms with Crippen molar-refractivity contribution in [3.63, 3.8) is 0 Å². The molecule has 0 aliphatic rings. The number of anilines is 1. The average molecular weight is 306 g/mol. The molecule has 2 aromatic rings. The summed E-state index contributed by atoms with van der Waals surface area (Å²) in [5.41, 5.74) is 0.289. The third kappa shape index (κ3) is 4.44. The van der Waals surface area contributed by atoms with Crippen LogP contribution in [0.15, 0.2) is 48.5 Å². The molecule has 0 saturated heterocycles. The highest BCUT2D eigenvalue weighted by Crippen LogP contribution is 2.29. The van der Waals surface area contributed by atoms with Crippen molar-refractivity contribution in [1.29, 1.82) is 0 Å². The number of benzene rings is 1. The van der Waals surface area contributed by atoms with Crippen LogP contribution in [0, 0.1) is 6.92 Å². The summed E-state index contributed by atoms with van der Waals surface area (Å²) in [5.74, 6) is -0.0748. The minimum atomic E-state index is -4.41. The molecular formula is C16H13F3N2O. The second-order valence-corrected chi connectivity index (χ2v) is 4.61. The van der Waals surface area contributed by atoms with Crippen LogP contribution in [0.25, 0.3) is 6.08 Å². The van der Waals surface area contributed by atoms with Crippen molar-refractivity contribution >= 4 is 17.8 Å². The van der Waals surface area contributed by atoms with Crippen molar-refractivity contribution in [2.45, 2.75) is 13.1 Å². The molecule has 3 nitrogen and oxygen atoms in total. The molecule has 0 atom stereocenters. The second-order valence-electron chi connectivity index (χ2n) is 4.61. The summed E-state index contributed by atoms with van der Waals surface area (Å²) < 4.78 is 37.7. The van der Waals surface area contributed by atoms with Crippen LogP contribution >= 0.6 is 0 Å². The summed E-state index contributed by atoms with van der Waals surface area (Å²) in [6.45, 7) is 1.79. The van der Waals surface area contributed by atoms with Gasteiger partial charge in [-0.05, 0) is 42.8 Å². The highest BCUT2D eigenvalue weighted by atomic mass is 19.4. The third-order valence-electron chi connectivity index (χ3n) is 2.78. The third-order valence-corrected chi connectivity index (χ3v) is 2.78. The van der Waals surface area contributed by atoms with Gasteiger partial charge in [0.2, 0.25) is 5.91 Å². The van der Waals surface area contributed by atoms with E-state index in [0.29, 0.717) is 11.4 Å². The van der Waals surface area contributed by atoms with Crippen LogP contribution in [0.4, 0.5) is 19.0 Å². The molecule has 1 aromatic heterocycles. The first kappa shape index (κ1) is 15.8. The minimum absolute atomic E-state index is 0.294. The molecule has 1 amide bonds. The minimum Gasteiger partial charge on any atom is -0.307 e. The number of amides is 1. The SMILES string of the molecule is Cc1cccc(NC(=O)/C=C/c2cccc(C(F)(F)F)c2)n1. The number of nitrogens with one attached hydrogen (secondary N) is 1. The number of aryl methyl sites for hydroxylation is 1. The van der Waals surface area contributed by atoms with E-state index in [1.54, 1.807) is 25.1 Å². The molecule has 1 heterocycles. The molecule has 0 saturated carbocycles. The van der Waals surface area contributed by atoms with Gasteiger partial charge < -0.3 is 5.32 Å². The van der Waals surface area contributed by atoms with Crippen LogP contribution in [0.2, 0.25) is 0 Å². The molecule has 0 fully saturated rings. The van der Waals surface area contributed by atoms with Crippen molar-refractivity contribution in [3.05, 3.63) is 65.4 Å². The first-order valence-corrected chi connectivity index (χ1v) is 6.44. The molecule has 6 heteroatoms. The van der Waals surface area contributed by atoms with Gasteiger partial charge in [0.05, 0.1) is 5.56 Å². The van der Waals surface area contributed by atoms with Crippen molar-refractivity contribution in [1.82, 2.24) is 4.98 Å². The van der Waals surface area contributed by atoms with E-state index in [1.165, 1.54) is 24.3 Å². The Morgan fingerprint density at radius 1 is 1.18 bits per heavy atom. The van der Waals surface area contributed by atoms with Gasteiger partial charge in [0.25, 0.3) is 0 Å². The number of rotatable bonds is 3. The summed E-state index contributed by atoms with van der Waals surface area (Å²) in [6, 6.07) is 9.90. The van der Waals surface area contributed by atoms with Gasteiger partial charge in [-0.2, -0.15) is 13.2 Å². The molecule has 0 unspecified atom stereocenters. The Bertz CT molecular complexity index is 709. The van der Waals surface area contributed by atoms with E-state index in [4.69, 9.17) is 0 Å². The largest absolute Gasteiger partial charge is 0.416 e. The summed E-state index contributed by atoms with van der Waals surface area (Å²) in [4.78, 5) is 15.8. The number of pyridine rings is 1. The summed E-state index contributed by atoms with van der Waals surface area (Å²) in [5, 5.41) is 2.54. The molecule has 0 aliphatic carbocycles. The summed E-state index contributed by atoms with van der Waals surface area (Å²) >= 11 is 0. The monoisotopic (exact) mass is 306 g/mol. The number of carbonyl (C=O) groups excluding carboxylic acids is 1. The average Bonchev–Trinajstić information content (AvgIpc) is 2.45. The number of halogens is 3. The zero-order valence-corrected chi connectivity index (χ0v) is 11.7. The van der Waals surface area contributed by atoms with E-state index < -0.39 is 17.6 Å². The predicted octanol–water partition coefficient (Wildman–Crippen LogP) is 4.06. The first-order chi connectivity index (χ1) is 10.3. The lowest BCUT2D eigenvalue weighted by Gasteiger charge is -2.06. The Labute approximate surface area is 125 Å². The lowest BCUT2D eigenvalue weighted by atomic mass is 10.1. The smallest absolute Gasteiger partial charge is 0.307 e. The van der Waals surface area contributed by atoms with Gasteiger partial charge in [-0.25, -0.2) is 4.98 Å². The molecule has 0 radical (unpaired) electrons. The molecule has 0 aliphatic heterocycles. The van der Waals surface area contributed by atoms with Crippen LogP contribution in [0.3, 0.4) is 0 Å². The Morgan fingerprint density at radius 3 is 2.59 bits per heavy atom. The van der Waals surface area contributed by atoms with Gasteiger partial charge in [-0.1, -0.05) is 18.2 Å². The molecule has 0 spiro atoms. The standard InChI is InChI=1S/C16H13F3N2O/c1-11-4-2-7-14(20-11)21-15(22)9-8-12-5-3-6-13(10-12)16(17,18)19/h2-10H,1H3,(H,20,21,22)/b9-8+. The van der Waals surface area contributed by atoms with Crippen molar-refractivity contribution in [3.8, 4) is 0 Å². The number of hydrogen-bond donors (Lipinski definition) is 1. The maximum absolute atomic E-state index is 12.6. The number of nitrogens with zero attached hydrogens (tertiary/aromatic N) is 1. The van der Waals surface area contributed by atoms with Crippen LogP contribution in [-0.4, -0.2) is 10.9 Å². The molecule has 0 bridgehead atoms. The van der Waals surface area contributed by atoms with E-state index in [1.807, 2.05) is 0 Å². The van der Waals surface area contributed by atoms with Crippen LogP contribution in [-0.2, 0) is 11.0 Å². The highest BCUT2D eigenvalue weighted by Gasteiger charge is 2.30. The first-order valence-electron chi connectivity index (χ1n) is 6.44. The van der Waals surface area contributed by atoms with Gasteiger partial charge in [0.1, 0.15) is 5.82 Å². The molecule has 22 heavy (non-hydrogen) atoms. The highest BCUT2D eigenvalue weighted by molar-refractivity contribution is 6.01. The molecular weight excluding hydrogens is 293 g/mol. The zero-order chi connectivity index (χ0) is 16.2. The van der Waals surface area contributed by atoms with Crippen LogP contribution < -0.4 is 5.32 Å². The van der Waals surface area contributed by atoms with Crippen molar-refractivity contribution in [2.75, 3.05) is 5.32 Å². The molecule has 114 valence electrons. The van der Waals surface area contributed by atoms with Gasteiger partial charge in [-0.15, -0.1) is 0 Å². The van der Waals surface area contributed by atoms with Crippen molar-refractivity contribution < 1.29 is 18.0 Å². The number of hydrogen-bond acceptors (Lipinski definition) is 2. The van der Waals surface area contributed by atoms with Gasteiger partial charge in [0, 0.05) is 11.8 Å². The van der Waals surface area contributed by atoms with Crippen LogP contribution in [0.1, 0.15) is 16.8 Å². The molecule has 1 aromatic carbocycles. The fourth-order valence-electron chi connectivity index (χ4n) is 1.77. The predicted molar refractivity (Wildman–Crippen MR) is 78.1 cm³/mol. The Hall–Kier alpha value is -2.63. The zero-order valence-electron chi connectivity index (χ0n) is 11.7. The van der Waals surface area contributed by atoms with E-state index >= 15 is 0 Å². The lowest BCUT2D eigenvalue weighted by Crippen LogP contribution is -2.09. The second kappa shape index (κ2) is 6.43. The summed E-state index contributed by atoms with van der Waals surface area (Å²) in [6.07, 6.45) is -1.92. The van der Waals surface area contributed by atoms with Crippen LogP contribution in [0.5, 0.6) is 0 Å². The topological polar surface area (TPSA) is 42.0 Å². The van der Waals surface area contributed by atoms with Gasteiger partial charge in [-0.3, -0.25) is 4.79 Å². The number of alkyl halides is 3. The van der Waals surface area contributed by atoms with E-state index in [0.717, 1.165) is 17.8 Å².